The summed E-state index contributed by atoms with van der Waals surface area (Å²) in [4.78, 5) is 10.8. The third kappa shape index (κ3) is 2.62. The zero-order valence-electron chi connectivity index (χ0n) is 9.63. The molecule has 1 N–H and O–H groups in total. The van der Waals surface area contributed by atoms with Crippen molar-refractivity contribution < 1.29 is 14.6 Å². The fourth-order valence-electron chi connectivity index (χ4n) is 1.41. The SMILES string of the molecule is CCn1cc(Oc2ccc(C(=O)O)cc2Cl)cn1. The number of carboxylic acids is 1. The number of carboxylic acid groups (broad SMARTS) is 1. The molecule has 1 aromatic carbocycles. The van der Waals surface area contributed by atoms with Crippen molar-refractivity contribution in [3.63, 3.8) is 0 Å². The van der Waals surface area contributed by atoms with Crippen LogP contribution in [0.5, 0.6) is 11.5 Å². The van der Waals surface area contributed by atoms with Gasteiger partial charge in [-0.3, -0.25) is 4.68 Å². The molecular weight excluding hydrogens is 256 g/mol. The van der Waals surface area contributed by atoms with E-state index < -0.39 is 5.97 Å². The summed E-state index contributed by atoms with van der Waals surface area (Å²) in [6, 6.07) is 4.31. The van der Waals surface area contributed by atoms with E-state index in [0.717, 1.165) is 6.54 Å². The Morgan fingerprint density at radius 1 is 1.56 bits per heavy atom. The number of carbonyl (C=O) groups is 1. The topological polar surface area (TPSA) is 64.3 Å². The molecule has 94 valence electrons. The van der Waals surface area contributed by atoms with Gasteiger partial charge in [-0.25, -0.2) is 4.79 Å². The van der Waals surface area contributed by atoms with Gasteiger partial charge in [0.2, 0.25) is 0 Å². The van der Waals surface area contributed by atoms with Crippen molar-refractivity contribution in [2.45, 2.75) is 13.5 Å². The van der Waals surface area contributed by atoms with Gasteiger partial charge in [-0.15, -0.1) is 0 Å². The third-order valence-corrected chi connectivity index (χ3v) is 2.64. The number of nitrogens with zero attached hydrogens (tertiary/aromatic N) is 2. The van der Waals surface area contributed by atoms with Crippen molar-refractivity contribution in [2.75, 3.05) is 0 Å². The average Bonchev–Trinajstić information content (AvgIpc) is 2.79. The number of benzene rings is 1. The van der Waals surface area contributed by atoms with Crippen LogP contribution in [0.4, 0.5) is 0 Å². The average molecular weight is 267 g/mol. The van der Waals surface area contributed by atoms with Crippen molar-refractivity contribution in [1.29, 1.82) is 0 Å². The van der Waals surface area contributed by atoms with Crippen LogP contribution >= 0.6 is 11.6 Å². The van der Waals surface area contributed by atoms with Gasteiger partial charge in [-0.2, -0.15) is 5.10 Å². The zero-order chi connectivity index (χ0) is 13.1. The Kier molecular flexibility index (Phi) is 3.53. The molecule has 0 aliphatic heterocycles. The van der Waals surface area contributed by atoms with Crippen LogP contribution in [0, 0.1) is 0 Å². The van der Waals surface area contributed by atoms with E-state index in [0.29, 0.717) is 11.5 Å². The minimum absolute atomic E-state index is 0.122. The molecule has 2 rings (SSSR count). The predicted octanol–water partition coefficient (Wildman–Crippen LogP) is 3.05. The second-order valence-corrected chi connectivity index (χ2v) is 3.99. The summed E-state index contributed by atoms with van der Waals surface area (Å²) in [6.45, 7) is 2.71. The van der Waals surface area contributed by atoms with E-state index in [9.17, 15) is 4.79 Å². The molecule has 1 heterocycles. The highest BCUT2D eigenvalue weighted by Gasteiger charge is 2.09. The second-order valence-electron chi connectivity index (χ2n) is 3.58. The summed E-state index contributed by atoms with van der Waals surface area (Å²) in [5, 5.41) is 13.1. The molecule has 0 spiro atoms. The van der Waals surface area contributed by atoms with Crippen molar-refractivity contribution >= 4 is 17.6 Å². The van der Waals surface area contributed by atoms with Crippen molar-refractivity contribution in [1.82, 2.24) is 9.78 Å². The summed E-state index contributed by atoms with van der Waals surface area (Å²) in [5.74, 6) is -0.0682. The van der Waals surface area contributed by atoms with Gasteiger partial charge in [-0.05, 0) is 25.1 Å². The summed E-state index contributed by atoms with van der Waals surface area (Å²) in [7, 11) is 0. The lowest BCUT2D eigenvalue weighted by atomic mass is 10.2. The first-order valence-electron chi connectivity index (χ1n) is 5.33. The van der Waals surface area contributed by atoms with E-state index in [1.54, 1.807) is 17.1 Å². The lowest BCUT2D eigenvalue weighted by Gasteiger charge is -2.05. The normalized spacial score (nSPS) is 10.3. The highest BCUT2D eigenvalue weighted by Crippen LogP contribution is 2.29. The van der Waals surface area contributed by atoms with Crippen LogP contribution in [0.1, 0.15) is 17.3 Å². The molecule has 0 aliphatic carbocycles. The van der Waals surface area contributed by atoms with Gasteiger partial charge in [0.1, 0.15) is 5.75 Å². The molecule has 2 aromatic rings. The lowest BCUT2D eigenvalue weighted by molar-refractivity contribution is 0.0697. The molecule has 0 amide bonds. The van der Waals surface area contributed by atoms with Crippen LogP contribution < -0.4 is 4.74 Å². The quantitative estimate of drug-likeness (QED) is 0.924. The van der Waals surface area contributed by atoms with Crippen LogP contribution in [-0.2, 0) is 6.54 Å². The standard InChI is InChI=1S/C12H11ClN2O3/c1-2-15-7-9(6-14-15)18-11-4-3-8(12(16)17)5-10(11)13/h3-7H,2H2,1H3,(H,16,17). The van der Waals surface area contributed by atoms with Crippen molar-refractivity contribution in [3.8, 4) is 11.5 Å². The molecule has 0 unspecified atom stereocenters. The molecule has 0 aliphatic rings. The van der Waals surface area contributed by atoms with Crippen molar-refractivity contribution in [3.05, 3.63) is 41.2 Å². The van der Waals surface area contributed by atoms with Gasteiger partial charge in [0.25, 0.3) is 0 Å². The first-order chi connectivity index (χ1) is 8.60. The maximum Gasteiger partial charge on any atom is 0.335 e. The molecular formula is C12H11ClN2O3. The first kappa shape index (κ1) is 12.4. The van der Waals surface area contributed by atoms with Crippen LogP contribution in [0.3, 0.4) is 0 Å². The summed E-state index contributed by atoms with van der Waals surface area (Å²) in [6.07, 6.45) is 3.31. The number of aryl methyl sites for hydroxylation is 1. The number of ether oxygens (including phenoxy) is 1. The van der Waals surface area contributed by atoms with Gasteiger partial charge in [0.05, 0.1) is 23.0 Å². The zero-order valence-corrected chi connectivity index (χ0v) is 10.4. The largest absolute Gasteiger partial charge is 0.478 e. The minimum Gasteiger partial charge on any atom is -0.478 e. The molecule has 0 atom stereocenters. The van der Waals surface area contributed by atoms with E-state index in [2.05, 4.69) is 5.10 Å². The fraction of sp³-hybridized carbons (Fsp3) is 0.167. The van der Waals surface area contributed by atoms with Gasteiger partial charge in [-0.1, -0.05) is 11.6 Å². The van der Waals surface area contributed by atoms with E-state index in [1.807, 2.05) is 6.92 Å². The Hall–Kier alpha value is -2.01. The summed E-state index contributed by atoms with van der Waals surface area (Å²) in [5.41, 5.74) is 0.122. The summed E-state index contributed by atoms with van der Waals surface area (Å²) >= 11 is 5.95. The number of aromatic carboxylic acids is 1. The molecule has 0 bridgehead atoms. The van der Waals surface area contributed by atoms with Gasteiger partial charge in [0, 0.05) is 6.54 Å². The highest BCUT2D eigenvalue weighted by molar-refractivity contribution is 6.32. The van der Waals surface area contributed by atoms with E-state index >= 15 is 0 Å². The molecule has 5 nitrogen and oxygen atoms in total. The van der Waals surface area contributed by atoms with Crippen molar-refractivity contribution in [2.24, 2.45) is 0 Å². The molecule has 0 saturated carbocycles. The first-order valence-corrected chi connectivity index (χ1v) is 5.71. The number of hydrogen-bond acceptors (Lipinski definition) is 3. The lowest BCUT2D eigenvalue weighted by Crippen LogP contribution is -1.96. The van der Waals surface area contributed by atoms with Gasteiger partial charge in [0.15, 0.2) is 5.75 Å². The van der Waals surface area contributed by atoms with Crippen LogP contribution in [0.25, 0.3) is 0 Å². The van der Waals surface area contributed by atoms with Crippen LogP contribution in [0.15, 0.2) is 30.6 Å². The highest BCUT2D eigenvalue weighted by atomic mass is 35.5. The number of halogens is 1. The molecule has 0 saturated heterocycles. The number of aromatic nitrogens is 2. The Balaban J connectivity index is 2.21. The molecule has 6 heteroatoms. The summed E-state index contributed by atoms with van der Waals surface area (Å²) < 4.78 is 7.24. The Morgan fingerprint density at radius 2 is 2.33 bits per heavy atom. The monoisotopic (exact) mass is 266 g/mol. The Morgan fingerprint density at radius 3 is 2.89 bits per heavy atom. The van der Waals surface area contributed by atoms with Crippen LogP contribution in [-0.4, -0.2) is 20.9 Å². The second kappa shape index (κ2) is 5.10. The predicted molar refractivity (Wildman–Crippen MR) is 66.4 cm³/mol. The fourth-order valence-corrected chi connectivity index (χ4v) is 1.63. The maximum atomic E-state index is 10.8. The maximum absolute atomic E-state index is 10.8. The molecule has 0 fully saturated rings. The Bertz CT molecular complexity index is 580. The minimum atomic E-state index is -1.03. The Labute approximate surface area is 109 Å². The molecule has 18 heavy (non-hydrogen) atoms. The van der Waals surface area contributed by atoms with E-state index in [4.69, 9.17) is 21.4 Å². The smallest absolute Gasteiger partial charge is 0.335 e. The van der Waals surface area contributed by atoms with Gasteiger partial charge < -0.3 is 9.84 Å². The molecule has 1 aromatic heterocycles. The van der Waals surface area contributed by atoms with Crippen LogP contribution in [0.2, 0.25) is 5.02 Å². The molecule has 0 radical (unpaired) electrons. The van der Waals surface area contributed by atoms with E-state index in [1.165, 1.54) is 18.2 Å². The number of hydrogen-bond donors (Lipinski definition) is 1. The third-order valence-electron chi connectivity index (χ3n) is 2.34. The van der Waals surface area contributed by atoms with Gasteiger partial charge >= 0.3 is 5.97 Å². The van der Waals surface area contributed by atoms with E-state index in [-0.39, 0.29) is 10.6 Å². The number of rotatable bonds is 4.